The average molecular weight is 290 g/mol. The van der Waals surface area contributed by atoms with Crippen molar-refractivity contribution in [3.63, 3.8) is 0 Å². The number of amides is 1. The van der Waals surface area contributed by atoms with E-state index >= 15 is 0 Å². The average Bonchev–Trinajstić information content (AvgIpc) is 2.47. The summed E-state index contributed by atoms with van der Waals surface area (Å²) < 4.78 is 5.33. The van der Waals surface area contributed by atoms with Gasteiger partial charge in [-0.25, -0.2) is 0 Å². The van der Waals surface area contributed by atoms with Gasteiger partial charge in [-0.2, -0.15) is 0 Å². The molecule has 0 spiro atoms. The molecule has 1 aliphatic heterocycles. The van der Waals surface area contributed by atoms with Crippen LogP contribution in [0.1, 0.15) is 37.7 Å². The van der Waals surface area contributed by atoms with E-state index in [-0.39, 0.29) is 12.5 Å². The predicted octanol–water partition coefficient (Wildman–Crippen LogP) is 1.80. The molecule has 0 unspecified atom stereocenters. The lowest BCUT2D eigenvalue weighted by Gasteiger charge is -2.32. The van der Waals surface area contributed by atoms with Gasteiger partial charge in [0.1, 0.15) is 5.75 Å². The fraction of sp³-hybridized carbons (Fsp3) is 0.562. The fourth-order valence-corrected chi connectivity index (χ4v) is 3.07. The van der Waals surface area contributed by atoms with Crippen molar-refractivity contribution in [3.05, 3.63) is 23.8 Å². The zero-order valence-corrected chi connectivity index (χ0v) is 12.2. The minimum atomic E-state index is -0.552. The van der Waals surface area contributed by atoms with Gasteiger partial charge in [0.05, 0.1) is 11.3 Å². The molecule has 0 atom stereocenters. The number of carbonyl (C=O) groups is 1. The standard InChI is InChI=1S/C16H22N2O3/c19-15-10-21-14-5-4-12(8-13(14)18-15)9-17-11-16(20)6-2-1-3-7-16/h4-5,8,17,20H,1-3,6-7,9-11H2,(H,18,19). The Balaban J connectivity index is 1.56. The number of benzene rings is 1. The van der Waals surface area contributed by atoms with Crippen LogP contribution in [0.5, 0.6) is 5.75 Å². The van der Waals surface area contributed by atoms with Crippen molar-refractivity contribution in [2.45, 2.75) is 44.2 Å². The molecule has 0 aromatic heterocycles. The SMILES string of the molecule is O=C1COc2ccc(CNCC3(O)CCCCC3)cc2N1. The third kappa shape index (κ3) is 3.54. The molecule has 1 heterocycles. The van der Waals surface area contributed by atoms with Crippen LogP contribution in [0.2, 0.25) is 0 Å². The van der Waals surface area contributed by atoms with E-state index in [9.17, 15) is 9.90 Å². The molecule has 3 N–H and O–H groups in total. The van der Waals surface area contributed by atoms with Crippen LogP contribution in [0, 0.1) is 0 Å². The Bertz CT molecular complexity index is 524. The second-order valence-corrected chi connectivity index (χ2v) is 6.06. The molecule has 0 bridgehead atoms. The lowest BCUT2D eigenvalue weighted by atomic mass is 9.85. The van der Waals surface area contributed by atoms with Gasteiger partial charge in [-0.1, -0.05) is 25.3 Å². The summed E-state index contributed by atoms with van der Waals surface area (Å²) in [6.07, 6.45) is 5.22. The lowest BCUT2D eigenvalue weighted by Crippen LogP contribution is -2.41. The molecular weight excluding hydrogens is 268 g/mol. The second kappa shape index (κ2) is 6.03. The normalized spacial score (nSPS) is 20.3. The molecule has 0 radical (unpaired) electrons. The van der Waals surface area contributed by atoms with Gasteiger partial charge in [0.2, 0.25) is 0 Å². The van der Waals surface area contributed by atoms with Gasteiger partial charge < -0.3 is 20.5 Å². The van der Waals surface area contributed by atoms with Crippen molar-refractivity contribution in [1.29, 1.82) is 0 Å². The van der Waals surface area contributed by atoms with E-state index in [1.807, 2.05) is 18.2 Å². The van der Waals surface area contributed by atoms with Crippen LogP contribution >= 0.6 is 0 Å². The van der Waals surface area contributed by atoms with Crippen molar-refractivity contribution < 1.29 is 14.6 Å². The van der Waals surface area contributed by atoms with Gasteiger partial charge in [-0.3, -0.25) is 4.79 Å². The van der Waals surface area contributed by atoms with Gasteiger partial charge in [-0.05, 0) is 30.5 Å². The summed E-state index contributed by atoms with van der Waals surface area (Å²) in [5.41, 5.74) is 1.24. The van der Waals surface area contributed by atoms with Crippen LogP contribution in [0.4, 0.5) is 5.69 Å². The number of anilines is 1. The molecule has 2 aliphatic rings. The zero-order valence-electron chi connectivity index (χ0n) is 12.2. The fourth-order valence-electron chi connectivity index (χ4n) is 3.07. The first-order valence-electron chi connectivity index (χ1n) is 7.63. The van der Waals surface area contributed by atoms with E-state index in [4.69, 9.17) is 4.74 Å². The minimum absolute atomic E-state index is 0.0810. The molecule has 5 heteroatoms. The maximum Gasteiger partial charge on any atom is 0.262 e. The number of hydrogen-bond acceptors (Lipinski definition) is 4. The van der Waals surface area contributed by atoms with E-state index in [0.29, 0.717) is 18.8 Å². The summed E-state index contributed by atoms with van der Waals surface area (Å²) in [7, 11) is 0. The van der Waals surface area contributed by atoms with Crippen molar-refractivity contribution in [1.82, 2.24) is 5.32 Å². The summed E-state index contributed by atoms with van der Waals surface area (Å²) in [5.74, 6) is 0.591. The first-order valence-corrected chi connectivity index (χ1v) is 7.63. The Morgan fingerprint density at radius 3 is 2.90 bits per heavy atom. The topological polar surface area (TPSA) is 70.6 Å². The highest BCUT2D eigenvalue weighted by molar-refractivity contribution is 5.95. The van der Waals surface area contributed by atoms with Crippen molar-refractivity contribution in [2.24, 2.45) is 0 Å². The number of aliphatic hydroxyl groups is 1. The third-order valence-corrected chi connectivity index (χ3v) is 4.24. The Morgan fingerprint density at radius 1 is 1.29 bits per heavy atom. The van der Waals surface area contributed by atoms with Gasteiger partial charge in [0, 0.05) is 13.1 Å². The monoisotopic (exact) mass is 290 g/mol. The van der Waals surface area contributed by atoms with E-state index < -0.39 is 5.60 Å². The highest BCUT2D eigenvalue weighted by Crippen LogP contribution is 2.29. The maximum absolute atomic E-state index is 11.3. The summed E-state index contributed by atoms with van der Waals surface area (Å²) in [4.78, 5) is 11.3. The third-order valence-electron chi connectivity index (χ3n) is 4.24. The molecule has 1 aromatic carbocycles. The van der Waals surface area contributed by atoms with E-state index in [2.05, 4.69) is 10.6 Å². The number of ether oxygens (including phenoxy) is 1. The van der Waals surface area contributed by atoms with Crippen molar-refractivity contribution >= 4 is 11.6 Å². The molecule has 1 amide bonds. The lowest BCUT2D eigenvalue weighted by molar-refractivity contribution is -0.118. The van der Waals surface area contributed by atoms with Crippen LogP contribution in [0.25, 0.3) is 0 Å². The van der Waals surface area contributed by atoms with Crippen LogP contribution in [0.15, 0.2) is 18.2 Å². The van der Waals surface area contributed by atoms with Crippen LogP contribution in [0.3, 0.4) is 0 Å². The Hall–Kier alpha value is -1.59. The molecule has 114 valence electrons. The first-order chi connectivity index (χ1) is 10.1. The van der Waals surface area contributed by atoms with Gasteiger partial charge in [-0.15, -0.1) is 0 Å². The molecular formula is C16H22N2O3. The molecule has 1 fully saturated rings. The predicted molar refractivity (Wildman–Crippen MR) is 80.3 cm³/mol. The summed E-state index contributed by atoms with van der Waals surface area (Å²) in [5, 5.41) is 16.6. The zero-order chi connectivity index (χ0) is 14.7. The van der Waals surface area contributed by atoms with Gasteiger partial charge >= 0.3 is 0 Å². The largest absolute Gasteiger partial charge is 0.482 e. The molecule has 5 nitrogen and oxygen atoms in total. The number of fused-ring (bicyclic) bond motifs is 1. The second-order valence-electron chi connectivity index (χ2n) is 6.06. The van der Waals surface area contributed by atoms with Gasteiger partial charge in [0.25, 0.3) is 5.91 Å². The minimum Gasteiger partial charge on any atom is -0.482 e. The number of hydrogen-bond donors (Lipinski definition) is 3. The van der Waals surface area contributed by atoms with E-state index in [1.54, 1.807) is 0 Å². The maximum atomic E-state index is 11.3. The van der Waals surface area contributed by atoms with E-state index in [1.165, 1.54) is 6.42 Å². The number of nitrogens with one attached hydrogen (secondary N) is 2. The van der Waals surface area contributed by atoms with Crippen LogP contribution in [-0.4, -0.2) is 29.8 Å². The molecule has 0 saturated heterocycles. The Morgan fingerprint density at radius 2 is 2.10 bits per heavy atom. The van der Waals surface area contributed by atoms with Crippen molar-refractivity contribution in [2.75, 3.05) is 18.5 Å². The molecule has 21 heavy (non-hydrogen) atoms. The summed E-state index contributed by atoms with van der Waals surface area (Å²) in [6, 6.07) is 5.78. The summed E-state index contributed by atoms with van der Waals surface area (Å²) in [6.45, 7) is 1.37. The smallest absolute Gasteiger partial charge is 0.262 e. The molecule has 3 rings (SSSR count). The highest BCUT2D eigenvalue weighted by atomic mass is 16.5. The first kappa shape index (κ1) is 14.4. The molecule has 1 aromatic rings. The quantitative estimate of drug-likeness (QED) is 0.791. The summed E-state index contributed by atoms with van der Waals surface area (Å²) >= 11 is 0. The Labute approximate surface area is 124 Å². The molecule has 1 aliphatic carbocycles. The van der Waals surface area contributed by atoms with Crippen LogP contribution in [-0.2, 0) is 11.3 Å². The number of carbonyl (C=O) groups excluding carboxylic acids is 1. The highest BCUT2D eigenvalue weighted by Gasteiger charge is 2.28. The number of rotatable bonds is 4. The molecule has 1 saturated carbocycles. The van der Waals surface area contributed by atoms with E-state index in [0.717, 1.165) is 36.9 Å². The Kier molecular flexibility index (Phi) is 4.12. The van der Waals surface area contributed by atoms with Gasteiger partial charge in [0.15, 0.2) is 6.61 Å². The van der Waals surface area contributed by atoms with Crippen molar-refractivity contribution in [3.8, 4) is 5.75 Å². The van der Waals surface area contributed by atoms with Crippen LogP contribution < -0.4 is 15.4 Å².